The molecule has 2 amide bonds. The molecule has 3 rings (SSSR count). The van der Waals surface area contributed by atoms with Crippen LogP contribution in [0.2, 0.25) is 0 Å². The van der Waals surface area contributed by atoms with E-state index in [4.69, 9.17) is 4.74 Å². The summed E-state index contributed by atoms with van der Waals surface area (Å²) in [5.41, 5.74) is -0.158. The van der Waals surface area contributed by atoms with E-state index in [0.29, 0.717) is 44.6 Å². The summed E-state index contributed by atoms with van der Waals surface area (Å²) in [5.74, 6) is -1.90. The minimum Gasteiger partial charge on any atom is -0.488 e. The molecule has 0 aromatic heterocycles. The smallest absolute Gasteiger partial charge is 0.288 e. The van der Waals surface area contributed by atoms with Crippen molar-refractivity contribution in [1.82, 2.24) is 9.80 Å². The molecule has 0 N–H and O–H groups in total. The highest BCUT2D eigenvalue weighted by molar-refractivity contribution is 5.95. The van der Waals surface area contributed by atoms with Crippen LogP contribution in [0.5, 0.6) is 0 Å². The second kappa shape index (κ2) is 6.98. The first-order valence-electron chi connectivity index (χ1n) is 7.93. The summed E-state index contributed by atoms with van der Waals surface area (Å²) in [4.78, 5) is 27.7. The average molecular weight is 336 g/mol. The van der Waals surface area contributed by atoms with Crippen LogP contribution < -0.4 is 0 Å². The molecule has 2 aliphatic heterocycles. The van der Waals surface area contributed by atoms with Crippen LogP contribution in [0.1, 0.15) is 23.2 Å². The van der Waals surface area contributed by atoms with Gasteiger partial charge in [-0.25, -0.2) is 8.78 Å². The maximum Gasteiger partial charge on any atom is 0.288 e. The third-order valence-electron chi connectivity index (χ3n) is 4.16. The lowest BCUT2D eigenvalue weighted by Crippen LogP contribution is -2.51. The van der Waals surface area contributed by atoms with Crippen molar-refractivity contribution < 1.29 is 23.1 Å². The quantitative estimate of drug-likeness (QED) is 0.829. The zero-order chi connectivity index (χ0) is 17.1. The maximum absolute atomic E-state index is 13.7. The van der Waals surface area contributed by atoms with Crippen LogP contribution in [0.15, 0.2) is 30.0 Å². The number of carbonyl (C=O) groups excluding carboxylic acids is 2. The van der Waals surface area contributed by atoms with Crippen molar-refractivity contribution in [1.29, 1.82) is 0 Å². The van der Waals surface area contributed by atoms with Gasteiger partial charge in [-0.15, -0.1) is 0 Å². The van der Waals surface area contributed by atoms with Gasteiger partial charge in [-0.3, -0.25) is 9.59 Å². The molecule has 0 atom stereocenters. The maximum atomic E-state index is 13.7. The molecule has 0 spiro atoms. The summed E-state index contributed by atoms with van der Waals surface area (Å²) < 4.78 is 32.0. The Labute approximate surface area is 138 Å². The molecule has 7 heteroatoms. The van der Waals surface area contributed by atoms with Gasteiger partial charge in [0.1, 0.15) is 11.6 Å². The number of piperazine rings is 1. The molecule has 5 nitrogen and oxygen atoms in total. The number of hydrogen-bond donors (Lipinski definition) is 0. The molecule has 0 saturated carbocycles. The van der Waals surface area contributed by atoms with Crippen molar-refractivity contribution in [3.8, 4) is 0 Å². The molecule has 1 fully saturated rings. The average Bonchev–Trinajstić information content (AvgIpc) is 2.61. The molecule has 1 aromatic rings. The SMILES string of the molecule is O=C(C1=CCCCO1)N1CCN(C(=O)c2ccc(F)cc2F)CC1. The van der Waals surface area contributed by atoms with Crippen LogP contribution in [0.25, 0.3) is 0 Å². The fraction of sp³-hybridized carbons (Fsp3) is 0.412. The molecule has 128 valence electrons. The monoisotopic (exact) mass is 336 g/mol. The molecule has 0 unspecified atom stereocenters. The molecular weight excluding hydrogens is 318 g/mol. The van der Waals surface area contributed by atoms with Crippen LogP contribution in [-0.4, -0.2) is 54.4 Å². The highest BCUT2D eigenvalue weighted by atomic mass is 19.1. The number of amides is 2. The minimum absolute atomic E-state index is 0.158. The van der Waals surface area contributed by atoms with Crippen molar-refractivity contribution in [3.05, 3.63) is 47.2 Å². The molecule has 2 aliphatic rings. The molecule has 0 radical (unpaired) electrons. The van der Waals surface area contributed by atoms with Gasteiger partial charge in [0, 0.05) is 32.2 Å². The molecule has 0 bridgehead atoms. The van der Waals surface area contributed by atoms with Gasteiger partial charge in [0.15, 0.2) is 5.76 Å². The van der Waals surface area contributed by atoms with E-state index in [1.807, 2.05) is 0 Å². The molecular formula is C17H18F2N2O3. The van der Waals surface area contributed by atoms with Crippen LogP contribution in [-0.2, 0) is 9.53 Å². The van der Waals surface area contributed by atoms with E-state index in [2.05, 4.69) is 0 Å². The van der Waals surface area contributed by atoms with E-state index >= 15 is 0 Å². The van der Waals surface area contributed by atoms with Crippen molar-refractivity contribution in [3.63, 3.8) is 0 Å². The summed E-state index contributed by atoms with van der Waals surface area (Å²) >= 11 is 0. The number of carbonyl (C=O) groups is 2. The highest BCUT2D eigenvalue weighted by Gasteiger charge is 2.28. The molecule has 24 heavy (non-hydrogen) atoms. The lowest BCUT2D eigenvalue weighted by Gasteiger charge is -2.35. The Morgan fingerprint density at radius 1 is 1.00 bits per heavy atom. The lowest BCUT2D eigenvalue weighted by atomic mass is 10.1. The Morgan fingerprint density at radius 3 is 2.25 bits per heavy atom. The summed E-state index contributed by atoms with van der Waals surface area (Å²) in [6.07, 6.45) is 3.52. The zero-order valence-electron chi connectivity index (χ0n) is 13.1. The number of nitrogens with zero attached hydrogens (tertiary/aromatic N) is 2. The van der Waals surface area contributed by atoms with Gasteiger partial charge in [0.25, 0.3) is 11.8 Å². The Hall–Kier alpha value is -2.44. The van der Waals surface area contributed by atoms with E-state index < -0.39 is 17.5 Å². The van der Waals surface area contributed by atoms with Gasteiger partial charge in [-0.1, -0.05) is 0 Å². The largest absolute Gasteiger partial charge is 0.488 e. The number of allylic oxidation sites excluding steroid dienone is 1. The van der Waals surface area contributed by atoms with Crippen LogP contribution in [0, 0.1) is 11.6 Å². The van der Waals surface area contributed by atoms with Gasteiger partial charge < -0.3 is 14.5 Å². The molecule has 2 heterocycles. The van der Waals surface area contributed by atoms with Crippen molar-refractivity contribution in [2.45, 2.75) is 12.8 Å². The van der Waals surface area contributed by atoms with Crippen molar-refractivity contribution in [2.24, 2.45) is 0 Å². The molecule has 0 aliphatic carbocycles. The Morgan fingerprint density at radius 2 is 1.67 bits per heavy atom. The predicted molar refractivity (Wildman–Crippen MR) is 82.1 cm³/mol. The standard InChI is InChI=1S/C17H18F2N2O3/c18-12-4-5-13(14(19)11-12)16(22)20-6-8-21(9-7-20)17(23)15-3-1-2-10-24-15/h3-5,11H,1-2,6-10H2. The van der Waals surface area contributed by atoms with Gasteiger partial charge in [0.05, 0.1) is 12.2 Å². The number of rotatable bonds is 2. The number of halogens is 2. The third-order valence-corrected chi connectivity index (χ3v) is 4.16. The number of ether oxygens (including phenoxy) is 1. The third kappa shape index (κ3) is 3.39. The first kappa shape index (κ1) is 16.4. The molecule has 1 aromatic carbocycles. The van der Waals surface area contributed by atoms with Crippen LogP contribution in [0.4, 0.5) is 8.78 Å². The second-order valence-corrected chi connectivity index (χ2v) is 5.77. The highest BCUT2D eigenvalue weighted by Crippen LogP contribution is 2.17. The number of benzene rings is 1. The second-order valence-electron chi connectivity index (χ2n) is 5.77. The van der Waals surface area contributed by atoms with Crippen molar-refractivity contribution >= 4 is 11.8 Å². The minimum atomic E-state index is -0.876. The van der Waals surface area contributed by atoms with Gasteiger partial charge in [-0.05, 0) is 31.1 Å². The van der Waals surface area contributed by atoms with Gasteiger partial charge in [-0.2, -0.15) is 0 Å². The van der Waals surface area contributed by atoms with Crippen LogP contribution >= 0.6 is 0 Å². The molecule has 1 saturated heterocycles. The number of hydrogen-bond acceptors (Lipinski definition) is 3. The Kier molecular flexibility index (Phi) is 4.78. The van der Waals surface area contributed by atoms with E-state index in [1.54, 1.807) is 11.0 Å². The van der Waals surface area contributed by atoms with Gasteiger partial charge >= 0.3 is 0 Å². The fourth-order valence-corrected chi connectivity index (χ4v) is 2.81. The van der Waals surface area contributed by atoms with Crippen molar-refractivity contribution in [2.75, 3.05) is 32.8 Å². The summed E-state index contributed by atoms with van der Waals surface area (Å²) in [6, 6.07) is 2.90. The van der Waals surface area contributed by atoms with Crippen LogP contribution in [0.3, 0.4) is 0 Å². The predicted octanol–water partition coefficient (Wildman–Crippen LogP) is 1.94. The Bertz CT molecular complexity index is 682. The fourth-order valence-electron chi connectivity index (χ4n) is 2.81. The Balaban J connectivity index is 1.61. The summed E-state index contributed by atoms with van der Waals surface area (Å²) in [7, 11) is 0. The first-order valence-corrected chi connectivity index (χ1v) is 7.93. The van der Waals surface area contributed by atoms with Gasteiger partial charge in [0.2, 0.25) is 0 Å². The van der Waals surface area contributed by atoms with E-state index in [9.17, 15) is 18.4 Å². The normalized spacial score (nSPS) is 18.0. The van der Waals surface area contributed by atoms with E-state index in [0.717, 1.165) is 25.0 Å². The zero-order valence-corrected chi connectivity index (χ0v) is 13.1. The first-order chi connectivity index (χ1) is 11.6. The summed E-state index contributed by atoms with van der Waals surface area (Å²) in [5, 5.41) is 0. The lowest BCUT2D eigenvalue weighted by molar-refractivity contribution is -0.132. The topological polar surface area (TPSA) is 49.9 Å². The summed E-state index contributed by atoms with van der Waals surface area (Å²) in [6.45, 7) is 1.85. The van der Waals surface area contributed by atoms with E-state index in [-0.39, 0.29) is 11.5 Å². The van der Waals surface area contributed by atoms with E-state index in [1.165, 1.54) is 4.90 Å².